The van der Waals surface area contributed by atoms with Crippen molar-refractivity contribution >= 4 is 46.7 Å². The molecule has 3 N–H and O–H groups in total. The van der Waals surface area contributed by atoms with E-state index in [1.807, 2.05) is 24.3 Å². The van der Waals surface area contributed by atoms with Crippen molar-refractivity contribution in [3.8, 4) is 0 Å². The van der Waals surface area contributed by atoms with Crippen LogP contribution >= 0.6 is 24.0 Å². The van der Waals surface area contributed by atoms with Gasteiger partial charge < -0.3 is 20.5 Å². The van der Waals surface area contributed by atoms with E-state index in [2.05, 4.69) is 51.9 Å². The lowest BCUT2D eigenvalue weighted by Gasteiger charge is -2.13. The van der Waals surface area contributed by atoms with Crippen molar-refractivity contribution in [1.29, 1.82) is 0 Å². The molecule has 6 nitrogen and oxygen atoms in total. The van der Waals surface area contributed by atoms with Crippen molar-refractivity contribution in [3.63, 3.8) is 0 Å². The highest BCUT2D eigenvalue weighted by atomic mass is 127. The Balaban J connectivity index is 0.00000320. The van der Waals surface area contributed by atoms with Gasteiger partial charge in [0.2, 0.25) is 0 Å². The van der Waals surface area contributed by atoms with Gasteiger partial charge in [-0.3, -0.25) is 9.79 Å². The number of nitrogens with one attached hydrogen (secondary N) is 3. The Morgan fingerprint density at radius 1 is 1.10 bits per heavy atom. The van der Waals surface area contributed by atoms with Crippen LogP contribution in [-0.2, 0) is 13.0 Å². The third-order valence-electron chi connectivity index (χ3n) is 4.99. The molecule has 160 valence electrons. The summed E-state index contributed by atoms with van der Waals surface area (Å²) in [5, 5.41) is 7.97. The highest BCUT2D eigenvalue weighted by Crippen LogP contribution is 2.21. The average molecular weight is 519 g/mol. The molecule has 0 spiro atoms. The summed E-state index contributed by atoms with van der Waals surface area (Å²) in [7, 11) is 5.28. The molecule has 3 aromatic rings. The van der Waals surface area contributed by atoms with E-state index in [1.54, 1.807) is 26.0 Å². The summed E-state index contributed by atoms with van der Waals surface area (Å²) in [6.45, 7) is 3.55. The largest absolute Gasteiger partial charge is 0.361 e. The molecule has 0 atom stereocenters. The molecular weight excluding hydrogens is 489 g/mol. The van der Waals surface area contributed by atoms with Gasteiger partial charge >= 0.3 is 0 Å². The molecule has 0 saturated heterocycles. The van der Waals surface area contributed by atoms with E-state index in [0.29, 0.717) is 12.1 Å². The Bertz CT molecular complexity index is 1010. The van der Waals surface area contributed by atoms with E-state index in [-0.39, 0.29) is 29.9 Å². The number of benzene rings is 2. The molecular formula is C23H30IN5O. The standard InChI is InChI=1S/C23H29N5O.HI/c1-16-6-5-7-20-19(15-26-21(16)20)12-13-25-23(24-2)27-14-17-8-10-18(11-9-17)22(29)28(3)4;/h5-11,15,26H,12-14H2,1-4H3,(H2,24,25,27);1H. The van der Waals surface area contributed by atoms with Gasteiger partial charge in [-0.25, -0.2) is 0 Å². The van der Waals surface area contributed by atoms with Crippen LogP contribution in [0, 0.1) is 6.92 Å². The first-order valence-corrected chi connectivity index (χ1v) is 9.80. The number of carbonyl (C=O) groups is 1. The number of aromatic nitrogens is 1. The Kier molecular flexibility index (Phi) is 8.71. The van der Waals surface area contributed by atoms with Gasteiger partial charge in [-0.05, 0) is 42.2 Å². The highest BCUT2D eigenvalue weighted by Gasteiger charge is 2.08. The maximum absolute atomic E-state index is 12.0. The summed E-state index contributed by atoms with van der Waals surface area (Å²) in [5.41, 5.74) is 5.55. The number of hydrogen-bond acceptors (Lipinski definition) is 2. The maximum Gasteiger partial charge on any atom is 0.253 e. The zero-order chi connectivity index (χ0) is 20.8. The van der Waals surface area contributed by atoms with Gasteiger partial charge in [0.25, 0.3) is 5.91 Å². The smallest absolute Gasteiger partial charge is 0.253 e. The minimum atomic E-state index is 0. The number of aryl methyl sites for hydroxylation is 1. The third kappa shape index (κ3) is 5.75. The summed E-state index contributed by atoms with van der Waals surface area (Å²) in [5.74, 6) is 0.768. The normalized spacial score (nSPS) is 11.1. The number of H-pyrrole nitrogens is 1. The summed E-state index contributed by atoms with van der Waals surface area (Å²) in [4.78, 5) is 21.2. The van der Waals surface area contributed by atoms with E-state index in [1.165, 1.54) is 22.0 Å². The Hall–Kier alpha value is -2.55. The van der Waals surface area contributed by atoms with Gasteiger partial charge in [0.1, 0.15) is 0 Å². The monoisotopic (exact) mass is 519 g/mol. The number of nitrogens with zero attached hydrogens (tertiary/aromatic N) is 2. The maximum atomic E-state index is 12.0. The minimum Gasteiger partial charge on any atom is -0.361 e. The summed E-state index contributed by atoms with van der Waals surface area (Å²) in [6.07, 6.45) is 3.00. The van der Waals surface area contributed by atoms with Crippen molar-refractivity contribution in [2.24, 2.45) is 4.99 Å². The fourth-order valence-corrected chi connectivity index (χ4v) is 3.32. The molecule has 1 amide bonds. The summed E-state index contributed by atoms with van der Waals surface area (Å²) < 4.78 is 0. The number of aromatic amines is 1. The van der Waals surface area contributed by atoms with Crippen molar-refractivity contribution in [2.75, 3.05) is 27.7 Å². The van der Waals surface area contributed by atoms with Crippen LogP contribution in [0.4, 0.5) is 0 Å². The molecule has 7 heteroatoms. The minimum absolute atomic E-state index is 0. The van der Waals surface area contributed by atoms with Crippen LogP contribution in [0.3, 0.4) is 0 Å². The lowest BCUT2D eigenvalue weighted by molar-refractivity contribution is 0.0827. The molecule has 1 aromatic heterocycles. The van der Waals surface area contributed by atoms with Crippen molar-refractivity contribution in [3.05, 3.63) is 70.9 Å². The molecule has 1 heterocycles. The predicted molar refractivity (Wildman–Crippen MR) is 135 cm³/mol. The second-order valence-corrected chi connectivity index (χ2v) is 7.31. The molecule has 0 aliphatic carbocycles. The number of carbonyl (C=O) groups excluding carboxylic acids is 1. The number of halogens is 1. The van der Waals surface area contributed by atoms with Gasteiger partial charge in [-0.2, -0.15) is 0 Å². The number of rotatable bonds is 6. The van der Waals surface area contributed by atoms with Crippen molar-refractivity contribution in [2.45, 2.75) is 19.9 Å². The number of fused-ring (bicyclic) bond motifs is 1. The van der Waals surface area contributed by atoms with E-state index in [4.69, 9.17) is 0 Å². The summed E-state index contributed by atoms with van der Waals surface area (Å²) in [6, 6.07) is 14.0. The first-order valence-electron chi connectivity index (χ1n) is 9.80. The van der Waals surface area contributed by atoms with Crippen LogP contribution in [0.5, 0.6) is 0 Å². The fraction of sp³-hybridized carbons (Fsp3) is 0.304. The fourth-order valence-electron chi connectivity index (χ4n) is 3.32. The molecule has 2 aromatic carbocycles. The average Bonchev–Trinajstić information content (AvgIpc) is 3.14. The number of aliphatic imine (C=N–C) groups is 1. The number of guanidine groups is 1. The lowest BCUT2D eigenvalue weighted by Crippen LogP contribution is -2.37. The molecule has 0 fully saturated rings. The zero-order valence-corrected chi connectivity index (χ0v) is 20.3. The van der Waals surface area contributed by atoms with Crippen LogP contribution in [-0.4, -0.2) is 49.4 Å². The zero-order valence-electron chi connectivity index (χ0n) is 18.0. The van der Waals surface area contributed by atoms with E-state index in [9.17, 15) is 4.79 Å². The van der Waals surface area contributed by atoms with Crippen LogP contribution in [0.2, 0.25) is 0 Å². The number of para-hydroxylation sites is 1. The summed E-state index contributed by atoms with van der Waals surface area (Å²) >= 11 is 0. The Morgan fingerprint density at radius 3 is 2.50 bits per heavy atom. The first-order chi connectivity index (χ1) is 14.0. The molecule has 0 aliphatic heterocycles. The molecule has 3 rings (SSSR count). The van der Waals surface area contributed by atoms with Crippen LogP contribution < -0.4 is 10.6 Å². The van der Waals surface area contributed by atoms with Gasteiger partial charge in [0, 0.05) is 56.9 Å². The number of hydrogen-bond donors (Lipinski definition) is 3. The first kappa shape index (κ1) is 23.7. The Labute approximate surface area is 195 Å². The van der Waals surface area contributed by atoms with Crippen molar-refractivity contribution in [1.82, 2.24) is 20.5 Å². The van der Waals surface area contributed by atoms with Gasteiger partial charge in [0.15, 0.2) is 5.96 Å². The molecule has 0 bridgehead atoms. The second kappa shape index (κ2) is 11.0. The van der Waals surface area contributed by atoms with Crippen molar-refractivity contribution < 1.29 is 4.79 Å². The van der Waals surface area contributed by atoms with Gasteiger partial charge in [0.05, 0.1) is 0 Å². The Morgan fingerprint density at radius 2 is 1.83 bits per heavy atom. The molecule has 30 heavy (non-hydrogen) atoms. The molecule has 0 saturated carbocycles. The third-order valence-corrected chi connectivity index (χ3v) is 4.99. The topological polar surface area (TPSA) is 72.5 Å². The predicted octanol–water partition coefficient (Wildman–Crippen LogP) is 3.70. The van der Waals surface area contributed by atoms with Gasteiger partial charge in [-0.1, -0.05) is 30.3 Å². The lowest BCUT2D eigenvalue weighted by atomic mass is 10.1. The van der Waals surface area contributed by atoms with Crippen LogP contribution in [0.1, 0.15) is 27.0 Å². The molecule has 0 radical (unpaired) electrons. The van der Waals surface area contributed by atoms with Gasteiger partial charge in [-0.15, -0.1) is 24.0 Å². The SMILES string of the molecule is CN=C(NCCc1c[nH]c2c(C)cccc12)NCc1ccc(C(=O)N(C)C)cc1.I. The van der Waals surface area contributed by atoms with Crippen LogP contribution in [0.25, 0.3) is 10.9 Å². The van der Waals surface area contributed by atoms with Crippen LogP contribution in [0.15, 0.2) is 53.7 Å². The molecule has 0 aliphatic rings. The molecule has 0 unspecified atom stereocenters. The van der Waals surface area contributed by atoms with E-state index < -0.39 is 0 Å². The van der Waals surface area contributed by atoms with E-state index >= 15 is 0 Å². The second-order valence-electron chi connectivity index (χ2n) is 7.31. The number of amides is 1. The highest BCUT2D eigenvalue weighted by molar-refractivity contribution is 14.0. The quantitative estimate of drug-likeness (QED) is 0.264. The van der Waals surface area contributed by atoms with E-state index in [0.717, 1.165) is 24.5 Å².